The number of ether oxygens (including phenoxy) is 1. The standard InChI is InChI=1S/C18H18F2N4OS/c1-2-25-15-8-7-12(19)11(16(15)20)9-10-21-18(26)24-17-22-13-5-3-4-6-14(13)23-17/h3-8H,2,9-10H2,1H3,(H3,21,22,23,24,26). The normalized spacial score (nSPS) is 10.7. The summed E-state index contributed by atoms with van der Waals surface area (Å²) in [6, 6.07) is 10.1. The predicted molar refractivity (Wildman–Crippen MR) is 102 cm³/mol. The molecule has 136 valence electrons. The fourth-order valence-electron chi connectivity index (χ4n) is 2.54. The molecule has 8 heteroatoms. The van der Waals surface area contributed by atoms with E-state index in [0.717, 1.165) is 11.0 Å². The van der Waals surface area contributed by atoms with Gasteiger partial charge in [0.15, 0.2) is 16.7 Å². The number of thiocarbonyl (C=S) groups is 1. The lowest BCUT2D eigenvalue weighted by Gasteiger charge is -2.12. The third-order valence-corrected chi connectivity index (χ3v) is 3.98. The zero-order valence-electron chi connectivity index (χ0n) is 14.1. The Labute approximate surface area is 154 Å². The minimum absolute atomic E-state index is 0.0324. The Kier molecular flexibility index (Phi) is 5.62. The van der Waals surface area contributed by atoms with E-state index in [1.165, 1.54) is 12.1 Å². The van der Waals surface area contributed by atoms with Gasteiger partial charge in [0.2, 0.25) is 5.95 Å². The summed E-state index contributed by atoms with van der Waals surface area (Å²) in [7, 11) is 0. The van der Waals surface area contributed by atoms with Gasteiger partial charge in [-0.3, -0.25) is 0 Å². The van der Waals surface area contributed by atoms with Crippen molar-refractivity contribution in [2.75, 3.05) is 18.5 Å². The van der Waals surface area contributed by atoms with Gasteiger partial charge in [-0.05, 0) is 49.8 Å². The van der Waals surface area contributed by atoms with Crippen LogP contribution in [0.25, 0.3) is 11.0 Å². The number of imidazole rings is 1. The summed E-state index contributed by atoms with van der Waals surface area (Å²) in [5, 5.41) is 6.15. The average Bonchev–Trinajstić information content (AvgIpc) is 3.02. The van der Waals surface area contributed by atoms with Crippen molar-refractivity contribution in [2.45, 2.75) is 13.3 Å². The van der Waals surface area contributed by atoms with Crippen LogP contribution in [-0.4, -0.2) is 28.2 Å². The first-order valence-electron chi connectivity index (χ1n) is 8.17. The van der Waals surface area contributed by atoms with Crippen molar-refractivity contribution in [3.05, 3.63) is 53.6 Å². The highest BCUT2D eigenvalue weighted by molar-refractivity contribution is 7.80. The second-order valence-corrected chi connectivity index (χ2v) is 5.91. The number of benzene rings is 2. The van der Waals surface area contributed by atoms with E-state index < -0.39 is 11.6 Å². The first-order valence-corrected chi connectivity index (χ1v) is 8.58. The van der Waals surface area contributed by atoms with E-state index in [1.54, 1.807) is 6.92 Å². The van der Waals surface area contributed by atoms with Gasteiger partial charge in [0.05, 0.1) is 17.6 Å². The zero-order chi connectivity index (χ0) is 18.5. The summed E-state index contributed by atoms with van der Waals surface area (Å²) in [4.78, 5) is 7.44. The molecule has 5 nitrogen and oxygen atoms in total. The first kappa shape index (κ1) is 18.1. The molecule has 3 N–H and O–H groups in total. The average molecular weight is 376 g/mol. The number of nitrogens with one attached hydrogen (secondary N) is 3. The van der Waals surface area contributed by atoms with Crippen molar-refractivity contribution in [1.29, 1.82) is 0 Å². The molecule has 1 heterocycles. The molecule has 3 rings (SSSR count). The maximum atomic E-state index is 14.3. The fraction of sp³-hybridized carbons (Fsp3) is 0.222. The van der Waals surface area contributed by atoms with Gasteiger partial charge in [-0.15, -0.1) is 0 Å². The van der Waals surface area contributed by atoms with Gasteiger partial charge in [0, 0.05) is 12.1 Å². The highest BCUT2D eigenvalue weighted by Crippen LogP contribution is 2.23. The van der Waals surface area contributed by atoms with Gasteiger partial charge in [-0.1, -0.05) is 12.1 Å². The Morgan fingerprint density at radius 1 is 1.23 bits per heavy atom. The molecule has 1 aromatic heterocycles. The lowest BCUT2D eigenvalue weighted by atomic mass is 10.1. The number of hydrogen-bond donors (Lipinski definition) is 3. The molecule has 0 aliphatic heterocycles. The summed E-state index contributed by atoms with van der Waals surface area (Å²) in [6.45, 7) is 2.31. The number of aromatic amines is 1. The van der Waals surface area contributed by atoms with E-state index in [9.17, 15) is 8.78 Å². The Bertz CT molecular complexity index is 896. The topological polar surface area (TPSA) is 62.0 Å². The zero-order valence-corrected chi connectivity index (χ0v) is 14.9. The molecule has 0 saturated carbocycles. The van der Waals surface area contributed by atoms with Crippen LogP contribution in [0.1, 0.15) is 12.5 Å². The Balaban J connectivity index is 1.57. The Morgan fingerprint density at radius 3 is 2.81 bits per heavy atom. The van der Waals surface area contributed by atoms with E-state index in [1.807, 2.05) is 24.3 Å². The van der Waals surface area contributed by atoms with Crippen LogP contribution in [0.5, 0.6) is 5.75 Å². The van der Waals surface area contributed by atoms with E-state index in [-0.39, 0.29) is 24.3 Å². The van der Waals surface area contributed by atoms with Crippen molar-refractivity contribution in [2.24, 2.45) is 0 Å². The van der Waals surface area contributed by atoms with Crippen LogP contribution in [0, 0.1) is 11.6 Å². The minimum atomic E-state index is -0.676. The number of halogens is 2. The van der Waals surface area contributed by atoms with Crippen LogP contribution in [0.2, 0.25) is 0 Å². The summed E-state index contributed by atoms with van der Waals surface area (Å²) in [6.07, 6.45) is 0.126. The third-order valence-electron chi connectivity index (χ3n) is 3.73. The number of rotatable bonds is 6. The molecule has 3 aromatic rings. The molecular formula is C18H18F2N4OS. The third kappa shape index (κ3) is 4.08. The van der Waals surface area contributed by atoms with Crippen LogP contribution in [0.3, 0.4) is 0 Å². The fourth-order valence-corrected chi connectivity index (χ4v) is 2.74. The second kappa shape index (κ2) is 8.09. The van der Waals surface area contributed by atoms with Crippen molar-refractivity contribution in [3.8, 4) is 5.75 Å². The molecule has 0 bridgehead atoms. The molecule has 0 saturated heterocycles. The van der Waals surface area contributed by atoms with E-state index in [0.29, 0.717) is 17.7 Å². The second-order valence-electron chi connectivity index (χ2n) is 5.50. The van der Waals surface area contributed by atoms with Crippen molar-refractivity contribution < 1.29 is 13.5 Å². The van der Waals surface area contributed by atoms with Gasteiger partial charge >= 0.3 is 0 Å². The van der Waals surface area contributed by atoms with Crippen LogP contribution >= 0.6 is 12.2 Å². The highest BCUT2D eigenvalue weighted by atomic mass is 32.1. The monoisotopic (exact) mass is 376 g/mol. The molecule has 26 heavy (non-hydrogen) atoms. The predicted octanol–water partition coefficient (Wildman–Crippen LogP) is 3.77. The number of aromatic nitrogens is 2. The Hall–Kier alpha value is -2.74. The molecule has 0 spiro atoms. The largest absolute Gasteiger partial charge is 0.491 e. The van der Waals surface area contributed by atoms with Gasteiger partial charge in [-0.2, -0.15) is 0 Å². The molecule has 0 radical (unpaired) electrons. The number of para-hydroxylation sites is 2. The van der Waals surface area contributed by atoms with E-state index >= 15 is 0 Å². The quantitative estimate of drug-likeness (QED) is 0.572. The van der Waals surface area contributed by atoms with Gasteiger partial charge in [0.25, 0.3) is 0 Å². The number of nitrogens with zero attached hydrogens (tertiary/aromatic N) is 1. The molecular weight excluding hydrogens is 358 g/mol. The first-order chi connectivity index (χ1) is 12.6. The number of fused-ring (bicyclic) bond motifs is 1. The number of hydrogen-bond acceptors (Lipinski definition) is 3. The molecule has 0 amide bonds. The molecule has 0 fully saturated rings. The molecule has 0 unspecified atom stereocenters. The lowest BCUT2D eigenvalue weighted by molar-refractivity contribution is 0.318. The number of H-pyrrole nitrogens is 1. The molecule has 0 aliphatic rings. The Morgan fingerprint density at radius 2 is 2.04 bits per heavy atom. The molecule has 0 atom stereocenters. The SMILES string of the molecule is CCOc1ccc(F)c(CCNC(=S)Nc2nc3ccccc3[nH]2)c1F. The van der Waals surface area contributed by atoms with Crippen LogP contribution in [0.15, 0.2) is 36.4 Å². The van der Waals surface area contributed by atoms with Crippen LogP contribution in [0.4, 0.5) is 14.7 Å². The van der Waals surface area contributed by atoms with Crippen LogP contribution in [-0.2, 0) is 6.42 Å². The molecule has 2 aromatic carbocycles. The maximum absolute atomic E-state index is 14.3. The van der Waals surface area contributed by atoms with Crippen LogP contribution < -0.4 is 15.4 Å². The summed E-state index contributed by atoms with van der Waals surface area (Å²) >= 11 is 5.19. The molecule has 0 aliphatic carbocycles. The summed E-state index contributed by atoms with van der Waals surface area (Å²) in [5.74, 6) is -0.736. The summed E-state index contributed by atoms with van der Waals surface area (Å²) in [5.41, 5.74) is 1.67. The van der Waals surface area contributed by atoms with Crippen molar-refractivity contribution in [3.63, 3.8) is 0 Å². The van der Waals surface area contributed by atoms with Gasteiger partial charge < -0.3 is 20.4 Å². The van der Waals surface area contributed by atoms with E-state index in [2.05, 4.69) is 20.6 Å². The van der Waals surface area contributed by atoms with Gasteiger partial charge in [0.1, 0.15) is 5.82 Å². The lowest BCUT2D eigenvalue weighted by Crippen LogP contribution is -2.30. The van der Waals surface area contributed by atoms with Crippen molar-refractivity contribution in [1.82, 2.24) is 15.3 Å². The minimum Gasteiger partial charge on any atom is -0.491 e. The van der Waals surface area contributed by atoms with Gasteiger partial charge in [-0.25, -0.2) is 13.8 Å². The highest BCUT2D eigenvalue weighted by Gasteiger charge is 2.14. The number of anilines is 1. The van der Waals surface area contributed by atoms with E-state index in [4.69, 9.17) is 17.0 Å². The smallest absolute Gasteiger partial charge is 0.207 e. The summed E-state index contributed by atoms with van der Waals surface area (Å²) < 4.78 is 33.3. The van der Waals surface area contributed by atoms with Crippen molar-refractivity contribution >= 4 is 34.3 Å². The maximum Gasteiger partial charge on any atom is 0.207 e.